The molecule has 0 atom stereocenters. The zero-order valence-corrected chi connectivity index (χ0v) is 26.6. The minimum absolute atomic E-state index is 0. The molecule has 1 radical (unpaired) electrons. The second-order valence-electron chi connectivity index (χ2n) is 8.95. The fourth-order valence-corrected chi connectivity index (χ4v) is 9.78. The van der Waals surface area contributed by atoms with Gasteiger partial charge in [0, 0.05) is 0 Å². The molecule has 6 aromatic carbocycles. The Bertz CT molecular complexity index is 1170. The predicted octanol–water partition coefficient (Wildman–Crippen LogP) is 6.53. The van der Waals surface area contributed by atoms with Gasteiger partial charge >= 0.3 is 19.5 Å². The van der Waals surface area contributed by atoms with E-state index >= 15 is 0 Å². The molecule has 200 valence electrons. The van der Waals surface area contributed by atoms with Crippen LogP contribution in [0.4, 0.5) is 0 Å². The standard InChI is InChI=1S/2C18H15P.CH3.Ru.H/c2*1-4-10-16(11-5-1)19(17-12-6-2-7-13-17)18-14-8-3-9-15-18;;;/h2*1-15H;1H3;;/q;;-1;+1;/p+2. The van der Waals surface area contributed by atoms with Crippen LogP contribution in [0, 0.1) is 7.43 Å². The molecule has 0 aromatic heterocycles. The monoisotopic (exact) mass is 644 g/mol. The van der Waals surface area contributed by atoms with Crippen LogP contribution < -0.4 is 31.8 Å². The maximum absolute atomic E-state index is 2.24. The SMILES string of the molecule is [CH3-].[RuH+].c1ccc([PH+](c2ccccc2)c2ccccc2)cc1.c1ccc([PH+](c2ccccc2)c2ccccc2)cc1. The fraction of sp³-hybridized carbons (Fsp3) is 0. The van der Waals surface area contributed by atoms with Crippen molar-refractivity contribution in [1.82, 2.24) is 0 Å². The first-order chi connectivity index (χ1) is 18.9. The first-order valence-corrected chi connectivity index (χ1v) is 16.0. The van der Waals surface area contributed by atoms with Crippen molar-refractivity contribution in [1.29, 1.82) is 0 Å². The van der Waals surface area contributed by atoms with Crippen molar-refractivity contribution in [2.24, 2.45) is 0 Å². The summed E-state index contributed by atoms with van der Waals surface area (Å²) in [5, 5.41) is 8.61. The summed E-state index contributed by atoms with van der Waals surface area (Å²) in [5.74, 6) is 0. The van der Waals surface area contributed by atoms with Crippen LogP contribution in [0.2, 0.25) is 0 Å². The van der Waals surface area contributed by atoms with Gasteiger partial charge in [-0.2, -0.15) is 0 Å². The first-order valence-electron chi connectivity index (χ1n) is 13.0. The Hall–Kier alpha value is -3.20. The largest absolute Gasteiger partial charge is 0.102 e. The molecule has 0 saturated heterocycles. The molecule has 0 aliphatic rings. The summed E-state index contributed by atoms with van der Waals surface area (Å²) in [4.78, 5) is 0. The summed E-state index contributed by atoms with van der Waals surface area (Å²) in [6, 6.07) is 65.0. The fourth-order valence-electron chi connectivity index (χ4n) is 4.63. The van der Waals surface area contributed by atoms with Gasteiger partial charge in [0.25, 0.3) is 0 Å². The van der Waals surface area contributed by atoms with Crippen molar-refractivity contribution in [3.63, 3.8) is 0 Å². The molecule has 6 aromatic rings. The van der Waals surface area contributed by atoms with Crippen molar-refractivity contribution >= 4 is 47.7 Å². The van der Waals surface area contributed by atoms with Crippen LogP contribution >= 0.6 is 15.8 Å². The summed E-state index contributed by atoms with van der Waals surface area (Å²) < 4.78 is 0. The Morgan fingerprint density at radius 3 is 0.475 bits per heavy atom. The van der Waals surface area contributed by atoms with Crippen LogP contribution in [0.25, 0.3) is 0 Å². The summed E-state index contributed by atoms with van der Waals surface area (Å²) >= 11 is 0. The van der Waals surface area contributed by atoms with Gasteiger partial charge in [0.05, 0.1) is 15.8 Å². The van der Waals surface area contributed by atoms with E-state index < -0.39 is 15.8 Å². The normalized spacial score (nSPS) is 10.1. The Balaban J connectivity index is 0.000000210. The second kappa shape index (κ2) is 16.8. The number of benzene rings is 6. The number of hydrogen-bond donors (Lipinski definition) is 0. The van der Waals surface area contributed by atoms with Gasteiger partial charge < -0.3 is 7.43 Å². The average Bonchev–Trinajstić information content (AvgIpc) is 3.01. The van der Waals surface area contributed by atoms with Crippen LogP contribution in [0.15, 0.2) is 182 Å². The molecule has 0 unspecified atom stereocenters. The zero-order valence-electron chi connectivity index (χ0n) is 22.7. The van der Waals surface area contributed by atoms with Gasteiger partial charge in [-0.3, -0.25) is 0 Å². The third kappa shape index (κ3) is 8.40. The third-order valence-electron chi connectivity index (χ3n) is 6.37. The van der Waals surface area contributed by atoms with E-state index in [1.165, 1.54) is 31.8 Å². The van der Waals surface area contributed by atoms with Gasteiger partial charge in [0.2, 0.25) is 0 Å². The number of rotatable bonds is 6. The average molecular weight is 644 g/mol. The smallest absolute Gasteiger partial charge is 0.0620 e. The van der Waals surface area contributed by atoms with Crippen molar-refractivity contribution in [3.8, 4) is 0 Å². The molecule has 0 spiro atoms. The molecule has 0 bridgehead atoms. The molecule has 6 rings (SSSR count). The molecule has 0 heterocycles. The molecule has 0 nitrogen and oxygen atoms in total. The van der Waals surface area contributed by atoms with Gasteiger partial charge in [0.15, 0.2) is 0 Å². The topological polar surface area (TPSA) is 0 Å². The minimum atomic E-state index is -0.877. The molecule has 0 saturated carbocycles. The summed E-state index contributed by atoms with van der Waals surface area (Å²) in [6.07, 6.45) is 0. The Labute approximate surface area is 255 Å². The van der Waals surface area contributed by atoms with E-state index in [4.69, 9.17) is 0 Å². The minimum Gasteiger partial charge on any atom is -0.0620 e. The van der Waals surface area contributed by atoms with Crippen molar-refractivity contribution in [2.45, 2.75) is 0 Å². The van der Waals surface area contributed by atoms with E-state index in [0.717, 1.165) is 0 Å². The van der Waals surface area contributed by atoms with Gasteiger partial charge in [-0.15, -0.1) is 0 Å². The predicted molar refractivity (Wildman–Crippen MR) is 181 cm³/mol. The molecule has 0 aliphatic carbocycles. The van der Waals surface area contributed by atoms with Crippen LogP contribution in [-0.2, 0) is 19.5 Å². The van der Waals surface area contributed by atoms with E-state index in [1.54, 1.807) is 0 Å². The molecule has 0 N–H and O–H groups in total. The summed E-state index contributed by atoms with van der Waals surface area (Å²) in [5.41, 5.74) is 0. The molecule has 40 heavy (non-hydrogen) atoms. The van der Waals surface area contributed by atoms with Crippen LogP contribution in [-0.4, -0.2) is 0 Å². The molecule has 0 aliphatic heterocycles. The number of hydrogen-bond acceptors (Lipinski definition) is 0. The molecular formula is C37H36P2Ru+2. The van der Waals surface area contributed by atoms with E-state index in [0.29, 0.717) is 0 Å². The molecule has 3 heteroatoms. The van der Waals surface area contributed by atoms with Gasteiger partial charge in [-0.05, 0) is 72.8 Å². The summed E-state index contributed by atoms with van der Waals surface area (Å²) in [7, 11) is -1.75. The Morgan fingerprint density at radius 2 is 0.350 bits per heavy atom. The van der Waals surface area contributed by atoms with E-state index in [1.807, 2.05) is 0 Å². The van der Waals surface area contributed by atoms with E-state index in [2.05, 4.69) is 182 Å². The zero-order chi connectivity index (χ0) is 25.8. The molecular weight excluding hydrogens is 607 g/mol. The summed E-state index contributed by atoms with van der Waals surface area (Å²) in [6.45, 7) is 0. The van der Waals surface area contributed by atoms with Crippen molar-refractivity contribution < 1.29 is 19.5 Å². The van der Waals surface area contributed by atoms with Crippen LogP contribution in [0.3, 0.4) is 0 Å². The quantitative estimate of drug-likeness (QED) is 0.110. The van der Waals surface area contributed by atoms with Crippen LogP contribution in [0.1, 0.15) is 0 Å². The van der Waals surface area contributed by atoms with Crippen molar-refractivity contribution in [2.75, 3.05) is 0 Å². The van der Waals surface area contributed by atoms with Gasteiger partial charge in [-0.25, -0.2) is 0 Å². The maximum atomic E-state index is 2.24. The maximum Gasteiger partial charge on any atom is 0.102 e. The molecule has 0 amide bonds. The second-order valence-corrected chi connectivity index (χ2v) is 13.9. The van der Waals surface area contributed by atoms with Crippen molar-refractivity contribution in [3.05, 3.63) is 189 Å². The van der Waals surface area contributed by atoms with E-state index in [-0.39, 0.29) is 26.9 Å². The van der Waals surface area contributed by atoms with Crippen LogP contribution in [0.5, 0.6) is 0 Å². The Morgan fingerprint density at radius 1 is 0.225 bits per heavy atom. The third-order valence-corrected chi connectivity index (χ3v) is 11.8. The van der Waals surface area contributed by atoms with Gasteiger partial charge in [0.1, 0.15) is 31.8 Å². The Kier molecular flexibility index (Phi) is 13.2. The van der Waals surface area contributed by atoms with Gasteiger partial charge in [-0.1, -0.05) is 109 Å². The molecule has 0 fully saturated rings. The van der Waals surface area contributed by atoms with E-state index in [9.17, 15) is 0 Å². The first kappa shape index (κ1) is 31.3.